The number of hydrogen-bond donors (Lipinski definition) is 2. The van der Waals surface area contributed by atoms with E-state index in [0.717, 1.165) is 44.6 Å². The van der Waals surface area contributed by atoms with Crippen LogP contribution in [0, 0.1) is 5.41 Å². The summed E-state index contributed by atoms with van der Waals surface area (Å²) in [5, 5.41) is 3.46. The predicted molar refractivity (Wildman–Crippen MR) is 84.0 cm³/mol. The van der Waals surface area contributed by atoms with Crippen molar-refractivity contribution in [2.24, 2.45) is 11.1 Å². The highest BCUT2D eigenvalue weighted by Crippen LogP contribution is 2.37. The first-order valence-electron chi connectivity index (χ1n) is 7.99. The van der Waals surface area contributed by atoms with Crippen LogP contribution < -0.4 is 11.1 Å². The van der Waals surface area contributed by atoms with Crippen LogP contribution >= 0.6 is 0 Å². The molecule has 1 amide bonds. The Hall–Kier alpha value is -1.39. The maximum absolute atomic E-state index is 12.8. The Labute approximate surface area is 126 Å². The lowest BCUT2D eigenvalue weighted by atomic mass is 9.77. The van der Waals surface area contributed by atoms with E-state index < -0.39 is 0 Å². The minimum Gasteiger partial charge on any atom is -0.342 e. The molecule has 3 N–H and O–H groups in total. The third-order valence-electron chi connectivity index (χ3n) is 5.20. The minimum absolute atomic E-state index is 0.193. The molecule has 1 atom stereocenters. The van der Waals surface area contributed by atoms with Gasteiger partial charge in [-0.2, -0.15) is 0 Å². The van der Waals surface area contributed by atoms with Gasteiger partial charge in [-0.15, -0.1) is 0 Å². The summed E-state index contributed by atoms with van der Waals surface area (Å²) < 4.78 is 0. The van der Waals surface area contributed by atoms with Gasteiger partial charge in [0, 0.05) is 26.2 Å². The summed E-state index contributed by atoms with van der Waals surface area (Å²) in [7, 11) is 0. The molecule has 1 unspecified atom stereocenters. The number of carbonyl (C=O) groups excluding carboxylic acids is 1. The fourth-order valence-electron chi connectivity index (χ4n) is 3.71. The summed E-state index contributed by atoms with van der Waals surface area (Å²) in [6, 6.07) is 9.92. The van der Waals surface area contributed by atoms with Crippen LogP contribution in [-0.2, 0) is 4.79 Å². The largest absolute Gasteiger partial charge is 0.342 e. The number of rotatable bonds is 3. The highest BCUT2D eigenvalue weighted by atomic mass is 16.2. The predicted octanol–water partition coefficient (Wildman–Crippen LogP) is 1.33. The van der Waals surface area contributed by atoms with Crippen molar-refractivity contribution >= 4 is 5.91 Å². The molecule has 2 saturated heterocycles. The molecule has 0 radical (unpaired) electrons. The average molecular weight is 287 g/mol. The van der Waals surface area contributed by atoms with Gasteiger partial charge in [-0.25, -0.2) is 0 Å². The highest BCUT2D eigenvalue weighted by Gasteiger charge is 2.39. The van der Waals surface area contributed by atoms with Crippen LogP contribution in [0.25, 0.3) is 0 Å². The summed E-state index contributed by atoms with van der Waals surface area (Å²) in [4.78, 5) is 14.8. The molecule has 4 heteroatoms. The number of amides is 1. The number of carbonyl (C=O) groups is 1. The zero-order valence-corrected chi connectivity index (χ0v) is 12.6. The topological polar surface area (TPSA) is 58.4 Å². The van der Waals surface area contributed by atoms with Gasteiger partial charge in [0.15, 0.2) is 0 Å². The van der Waals surface area contributed by atoms with Crippen molar-refractivity contribution in [3.8, 4) is 0 Å². The molecule has 4 nitrogen and oxygen atoms in total. The Morgan fingerprint density at radius 1 is 1.24 bits per heavy atom. The molecule has 2 aliphatic rings. The Balaban J connectivity index is 1.65. The van der Waals surface area contributed by atoms with Gasteiger partial charge in [-0.1, -0.05) is 30.3 Å². The van der Waals surface area contributed by atoms with Gasteiger partial charge in [0.2, 0.25) is 5.91 Å². The highest BCUT2D eigenvalue weighted by molar-refractivity contribution is 5.84. The molecular formula is C17H25N3O. The lowest BCUT2D eigenvalue weighted by Crippen LogP contribution is -2.46. The lowest BCUT2D eigenvalue weighted by molar-refractivity contribution is -0.134. The standard InChI is InChI=1S/C17H25N3O/c18-12-15(14-4-2-1-3-5-14)16(21)20-10-7-17(8-11-20)6-9-19-13-17/h1-5,15,19H,6-13,18H2. The van der Waals surface area contributed by atoms with Crippen molar-refractivity contribution in [2.45, 2.75) is 25.2 Å². The third kappa shape index (κ3) is 2.97. The molecule has 21 heavy (non-hydrogen) atoms. The van der Waals surface area contributed by atoms with Crippen molar-refractivity contribution in [3.05, 3.63) is 35.9 Å². The number of likely N-dealkylation sites (tertiary alicyclic amines) is 1. The number of benzene rings is 1. The molecule has 0 aliphatic carbocycles. The van der Waals surface area contributed by atoms with Crippen LogP contribution in [0.3, 0.4) is 0 Å². The van der Waals surface area contributed by atoms with E-state index in [1.54, 1.807) is 0 Å². The molecule has 0 aromatic heterocycles. The first-order valence-corrected chi connectivity index (χ1v) is 7.99. The number of nitrogens with one attached hydrogen (secondary N) is 1. The first kappa shape index (κ1) is 14.5. The van der Waals surface area contributed by atoms with Gasteiger partial charge in [0.1, 0.15) is 0 Å². The molecule has 1 aromatic rings. The average Bonchev–Trinajstić information content (AvgIpc) is 2.98. The Kier molecular flexibility index (Phi) is 4.27. The summed E-state index contributed by atoms with van der Waals surface area (Å²) in [5.41, 5.74) is 7.35. The zero-order valence-electron chi connectivity index (χ0n) is 12.6. The van der Waals surface area contributed by atoms with E-state index in [1.165, 1.54) is 6.42 Å². The van der Waals surface area contributed by atoms with Crippen molar-refractivity contribution in [2.75, 3.05) is 32.7 Å². The van der Waals surface area contributed by atoms with Gasteiger partial charge >= 0.3 is 0 Å². The molecule has 1 aromatic carbocycles. The summed E-state index contributed by atoms with van der Waals surface area (Å²) in [5.74, 6) is 0.00598. The zero-order chi connectivity index (χ0) is 14.7. The number of nitrogens with zero attached hydrogens (tertiary/aromatic N) is 1. The maximum Gasteiger partial charge on any atom is 0.231 e. The Bertz CT molecular complexity index is 472. The van der Waals surface area contributed by atoms with Crippen LogP contribution in [0.2, 0.25) is 0 Å². The molecule has 114 valence electrons. The van der Waals surface area contributed by atoms with Crippen molar-refractivity contribution in [1.82, 2.24) is 10.2 Å². The number of nitrogens with two attached hydrogens (primary N) is 1. The van der Waals surface area contributed by atoms with Gasteiger partial charge < -0.3 is 16.0 Å². The van der Waals surface area contributed by atoms with Crippen LogP contribution in [0.5, 0.6) is 0 Å². The van der Waals surface area contributed by atoms with Gasteiger partial charge in [0.25, 0.3) is 0 Å². The molecule has 0 saturated carbocycles. The van der Waals surface area contributed by atoms with Crippen molar-refractivity contribution in [3.63, 3.8) is 0 Å². The molecule has 1 spiro atoms. The van der Waals surface area contributed by atoms with E-state index in [1.807, 2.05) is 35.2 Å². The monoisotopic (exact) mass is 287 g/mol. The van der Waals surface area contributed by atoms with E-state index in [-0.39, 0.29) is 11.8 Å². The molecule has 0 bridgehead atoms. The van der Waals surface area contributed by atoms with E-state index in [4.69, 9.17) is 5.73 Å². The Morgan fingerprint density at radius 3 is 2.52 bits per heavy atom. The summed E-state index contributed by atoms with van der Waals surface area (Å²) in [6.45, 7) is 4.39. The summed E-state index contributed by atoms with van der Waals surface area (Å²) in [6.07, 6.45) is 3.50. The quantitative estimate of drug-likeness (QED) is 0.882. The van der Waals surface area contributed by atoms with E-state index in [9.17, 15) is 4.79 Å². The molecule has 2 heterocycles. The fourth-order valence-corrected chi connectivity index (χ4v) is 3.71. The smallest absolute Gasteiger partial charge is 0.231 e. The van der Waals surface area contributed by atoms with Gasteiger partial charge in [-0.05, 0) is 36.8 Å². The normalized spacial score (nSPS) is 22.4. The third-order valence-corrected chi connectivity index (χ3v) is 5.20. The van der Waals surface area contributed by atoms with E-state index >= 15 is 0 Å². The Morgan fingerprint density at radius 2 is 1.95 bits per heavy atom. The first-order chi connectivity index (χ1) is 10.2. The molecular weight excluding hydrogens is 262 g/mol. The number of piperidine rings is 1. The second-order valence-corrected chi connectivity index (χ2v) is 6.45. The number of hydrogen-bond acceptors (Lipinski definition) is 3. The lowest BCUT2D eigenvalue weighted by Gasteiger charge is -2.40. The summed E-state index contributed by atoms with van der Waals surface area (Å²) >= 11 is 0. The van der Waals surface area contributed by atoms with Crippen molar-refractivity contribution in [1.29, 1.82) is 0 Å². The van der Waals surface area contributed by atoms with Gasteiger partial charge in [0.05, 0.1) is 5.92 Å². The minimum atomic E-state index is -0.193. The van der Waals surface area contributed by atoms with Crippen LogP contribution in [0.4, 0.5) is 0 Å². The maximum atomic E-state index is 12.8. The molecule has 2 fully saturated rings. The van der Waals surface area contributed by atoms with E-state index in [0.29, 0.717) is 12.0 Å². The second-order valence-electron chi connectivity index (χ2n) is 6.45. The second kappa shape index (κ2) is 6.16. The van der Waals surface area contributed by atoms with Crippen molar-refractivity contribution < 1.29 is 4.79 Å². The molecule has 2 aliphatic heterocycles. The SMILES string of the molecule is NCC(C(=O)N1CCC2(CCNC2)CC1)c1ccccc1. The van der Waals surface area contributed by atoms with Gasteiger partial charge in [-0.3, -0.25) is 4.79 Å². The van der Waals surface area contributed by atoms with Crippen LogP contribution in [0.15, 0.2) is 30.3 Å². The van der Waals surface area contributed by atoms with Crippen LogP contribution in [-0.4, -0.2) is 43.5 Å². The molecule has 3 rings (SSSR count). The van der Waals surface area contributed by atoms with E-state index in [2.05, 4.69) is 5.32 Å². The fraction of sp³-hybridized carbons (Fsp3) is 0.588. The van der Waals surface area contributed by atoms with Crippen LogP contribution in [0.1, 0.15) is 30.7 Å².